The highest BCUT2D eigenvalue weighted by atomic mass is 33.1. The van der Waals surface area contributed by atoms with Crippen molar-refractivity contribution in [2.24, 2.45) is 0 Å². The zero-order valence-corrected chi connectivity index (χ0v) is 36.8. The van der Waals surface area contributed by atoms with Gasteiger partial charge in [0.05, 0.1) is 6.61 Å². The monoisotopic (exact) mass is 801 g/mol. The molecule has 0 aromatic rings. The van der Waals surface area contributed by atoms with E-state index in [1.165, 1.54) is 89.2 Å². The molecule has 0 radical (unpaired) electrons. The average molecular weight is 801 g/mol. The minimum atomic E-state index is -0.574. The summed E-state index contributed by atoms with van der Waals surface area (Å²) in [7, 11) is 3.86. The predicted octanol–water partition coefficient (Wildman–Crippen LogP) is 14.7. The molecule has 1 saturated heterocycles. The van der Waals surface area contributed by atoms with Gasteiger partial charge in [-0.25, -0.2) is 0 Å². The Morgan fingerprint density at radius 1 is 0.582 bits per heavy atom. The van der Waals surface area contributed by atoms with Crippen LogP contribution in [0.15, 0.2) is 72.9 Å². The van der Waals surface area contributed by atoms with Crippen LogP contribution in [-0.2, 0) is 23.8 Å². The summed E-state index contributed by atoms with van der Waals surface area (Å²) in [6.45, 7) is 5.38. The molecule has 0 aliphatic carbocycles. The normalized spacial score (nSPS) is 15.6. The molecule has 314 valence electrons. The third-order valence-corrected chi connectivity index (χ3v) is 12.4. The van der Waals surface area contributed by atoms with Crippen LogP contribution in [0.25, 0.3) is 0 Å². The lowest BCUT2D eigenvalue weighted by molar-refractivity contribution is -0.162. The van der Waals surface area contributed by atoms with Crippen molar-refractivity contribution in [2.45, 2.75) is 192 Å². The minimum Gasteiger partial charge on any atom is -0.462 e. The van der Waals surface area contributed by atoms with Crippen LogP contribution in [0.5, 0.6) is 0 Å². The number of carbonyl (C=O) groups is 2. The van der Waals surface area contributed by atoms with E-state index in [1.807, 2.05) is 27.7 Å². The van der Waals surface area contributed by atoms with Crippen molar-refractivity contribution in [1.29, 1.82) is 0 Å². The number of unbranched alkanes of at least 4 members (excludes halogenated alkanes) is 13. The molecule has 55 heavy (non-hydrogen) atoms. The Balaban J connectivity index is 2.23. The van der Waals surface area contributed by atoms with Crippen molar-refractivity contribution in [3.05, 3.63) is 72.9 Å². The Labute approximate surface area is 346 Å². The highest BCUT2D eigenvalue weighted by Gasteiger charge is 2.19. The lowest BCUT2D eigenvalue weighted by Gasteiger charge is -2.18. The molecule has 1 heterocycles. The van der Waals surface area contributed by atoms with Gasteiger partial charge in [0, 0.05) is 30.5 Å². The molecule has 0 spiro atoms. The molecule has 2 atom stereocenters. The van der Waals surface area contributed by atoms with Crippen LogP contribution in [0, 0.1) is 0 Å². The molecule has 0 aromatic carbocycles. The maximum atomic E-state index is 12.7. The van der Waals surface area contributed by atoms with Crippen LogP contribution in [0.4, 0.5) is 0 Å². The van der Waals surface area contributed by atoms with Gasteiger partial charge in [0.15, 0.2) is 6.10 Å². The Morgan fingerprint density at radius 2 is 1.09 bits per heavy atom. The van der Waals surface area contributed by atoms with Gasteiger partial charge < -0.3 is 14.2 Å². The minimum absolute atomic E-state index is 0.0528. The first-order valence-electron chi connectivity index (χ1n) is 22.3. The van der Waals surface area contributed by atoms with E-state index < -0.39 is 6.10 Å². The molecule has 1 aliphatic rings. The van der Waals surface area contributed by atoms with Crippen molar-refractivity contribution in [2.75, 3.05) is 25.6 Å². The topological polar surface area (TPSA) is 61.8 Å². The maximum absolute atomic E-state index is 12.7. The summed E-state index contributed by atoms with van der Waals surface area (Å²) in [6.07, 6.45) is 54.2. The van der Waals surface area contributed by atoms with E-state index in [2.05, 4.69) is 80.7 Å². The first kappa shape index (κ1) is 51.1. The first-order valence-corrected chi connectivity index (χ1v) is 24.6. The summed E-state index contributed by atoms with van der Waals surface area (Å²) in [5, 5.41) is 0.649. The molecule has 1 aliphatic heterocycles. The molecule has 2 unspecified atom stereocenters. The molecular weight excluding hydrogens is 721 g/mol. The fourth-order valence-corrected chi connectivity index (χ4v) is 9.14. The van der Waals surface area contributed by atoms with Gasteiger partial charge in [0.25, 0.3) is 0 Å². The number of allylic oxidation sites excluding steroid dienone is 12. The van der Waals surface area contributed by atoms with Crippen molar-refractivity contribution >= 4 is 33.5 Å². The van der Waals surface area contributed by atoms with E-state index in [9.17, 15) is 9.59 Å². The van der Waals surface area contributed by atoms with E-state index >= 15 is 0 Å². The SMILES string of the molecule is CC/C=C\C/C=C\C/C=C\C/C=C\C/C=C\C/C=C\CCC(=O)OC(COCCCCCCCCCCCCCCCC)COC(=O)CCCC1CCSS1. The molecule has 7 heteroatoms. The number of hydrogen-bond acceptors (Lipinski definition) is 7. The van der Waals surface area contributed by atoms with Gasteiger partial charge >= 0.3 is 11.9 Å². The summed E-state index contributed by atoms with van der Waals surface area (Å²) in [6, 6.07) is 0. The summed E-state index contributed by atoms with van der Waals surface area (Å²) < 4.78 is 17.2. The van der Waals surface area contributed by atoms with Gasteiger partial charge in [-0.05, 0) is 70.6 Å². The molecule has 0 saturated carbocycles. The molecule has 1 rings (SSSR count). The van der Waals surface area contributed by atoms with Crippen LogP contribution in [0.2, 0.25) is 0 Å². The van der Waals surface area contributed by atoms with Gasteiger partial charge in [-0.15, -0.1) is 0 Å². The summed E-state index contributed by atoms with van der Waals surface area (Å²) in [4.78, 5) is 25.1. The smallest absolute Gasteiger partial charge is 0.306 e. The fraction of sp³-hybridized carbons (Fsp3) is 0.708. The lowest BCUT2D eigenvalue weighted by atomic mass is 10.0. The van der Waals surface area contributed by atoms with E-state index in [-0.39, 0.29) is 25.2 Å². The van der Waals surface area contributed by atoms with Crippen LogP contribution in [0.3, 0.4) is 0 Å². The number of esters is 2. The Hall–Kier alpha value is -1.96. The summed E-state index contributed by atoms with van der Waals surface area (Å²) in [5.41, 5.74) is 0. The van der Waals surface area contributed by atoms with Crippen molar-refractivity contribution < 1.29 is 23.8 Å². The Kier molecular flexibility index (Phi) is 38.7. The quantitative estimate of drug-likeness (QED) is 0.0267. The second kappa shape index (κ2) is 41.7. The van der Waals surface area contributed by atoms with Gasteiger partial charge in [-0.3, -0.25) is 9.59 Å². The summed E-state index contributed by atoms with van der Waals surface area (Å²) >= 11 is 0. The number of rotatable bonds is 38. The van der Waals surface area contributed by atoms with Gasteiger partial charge in [-0.1, -0.05) is 192 Å². The zero-order valence-electron chi connectivity index (χ0n) is 35.2. The van der Waals surface area contributed by atoms with Crippen LogP contribution < -0.4 is 0 Å². The second-order valence-corrected chi connectivity index (χ2v) is 17.4. The van der Waals surface area contributed by atoms with Crippen molar-refractivity contribution in [1.82, 2.24) is 0 Å². The molecule has 0 N–H and O–H groups in total. The van der Waals surface area contributed by atoms with E-state index in [0.29, 0.717) is 31.1 Å². The van der Waals surface area contributed by atoms with Crippen LogP contribution in [-0.4, -0.2) is 48.9 Å². The van der Waals surface area contributed by atoms with Crippen molar-refractivity contribution in [3.63, 3.8) is 0 Å². The standard InChI is InChI=1S/C48H80O5S2/c1-3-5-7-9-11-13-15-17-19-20-21-22-23-24-26-28-30-32-34-38-48(50)53-45(44-52-47(49)39-36-37-46-40-42-54-55-46)43-51-41-35-33-31-29-27-25-18-16-14-12-10-8-6-4-2/h5,7,11,13,17,19,21-22,24,26,30,32,45-46H,3-4,6,8-10,12,14-16,18,20,23,25,27-29,31,33-44H2,1-2H3/b7-5-,13-11-,19-17-,22-21-,26-24-,32-30-. The molecule has 0 aromatic heterocycles. The predicted molar refractivity (Wildman–Crippen MR) is 242 cm³/mol. The first-order chi connectivity index (χ1) is 27.2. The summed E-state index contributed by atoms with van der Waals surface area (Å²) in [5.74, 6) is 0.699. The highest BCUT2D eigenvalue weighted by Crippen LogP contribution is 2.39. The number of hydrogen-bond donors (Lipinski definition) is 0. The van der Waals surface area contributed by atoms with Crippen LogP contribution >= 0.6 is 21.6 Å². The number of ether oxygens (including phenoxy) is 3. The maximum Gasteiger partial charge on any atom is 0.306 e. The molecule has 5 nitrogen and oxygen atoms in total. The van der Waals surface area contributed by atoms with Gasteiger partial charge in [-0.2, -0.15) is 0 Å². The fourth-order valence-electron chi connectivity index (χ4n) is 6.11. The molecule has 0 amide bonds. The lowest BCUT2D eigenvalue weighted by Crippen LogP contribution is -2.30. The average Bonchev–Trinajstić information content (AvgIpc) is 3.71. The highest BCUT2D eigenvalue weighted by molar-refractivity contribution is 8.77. The van der Waals surface area contributed by atoms with Gasteiger partial charge in [0.1, 0.15) is 6.61 Å². The third kappa shape index (κ3) is 37.4. The largest absolute Gasteiger partial charge is 0.462 e. The van der Waals surface area contributed by atoms with Crippen molar-refractivity contribution in [3.8, 4) is 0 Å². The third-order valence-electron chi connectivity index (χ3n) is 9.42. The molecule has 0 bridgehead atoms. The number of carbonyl (C=O) groups excluding carboxylic acids is 2. The van der Waals surface area contributed by atoms with Gasteiger partial charge in [0.2, 0.25) is 0 Å². The van der Waals surface area contributed by atoms with E-state index in [1.54, 1.807) is 0 Å². The second-order valence-electron chi connectivity index (χ2n) is 14.6. The Morgan fingerprint density at radius 3 is 1.60 bits per heavy atom. The molecule has 1 fully saturated rings. The van der Waals surface area contributed by atoms with E-state index in [0.717, 1.165) is 64.2 Å². The van der Waals surface area contributed by atoms with Crippen LogP contribution in [0.1, 0.15) is 181 Å². The van der Waals surface area contributed by atoms with E-state index in [4.69, 9.17) is 14.2 Å². The molecular formula is C48H80O5S2. The zero-order chi connectivity index (χ0) is 39.5. The Bertz CT molecular complexity index is 1060.